The molecule has 164 valence electrons. The summed E-state index contributed by atoms with van der Waals surface area (Å²) in [4.78, 5) is 50.9. The van der Waals surface area contributed by atoms with Gasteiger partial charge in [0.15, 0.2) is 11.6 Å². The van der Waals surface area contributed by atoms with Gasteiger partial charge in [-0.2, -0.15) is 4.90 Å². The zero-order chi connectivity index (χ0) is 23.6. The minimum atomic E-state index is -0.597. The molecule has 0 fully saturated rings. The predicted octanol–water partition coefficient (Wildman–Crippen LogP) is 4.63. The van der Waals surface area contributed by atoms with Gasteiger partial charge in [-0.15, -0.1) is 5.10 Å². The van der Waals surface area contributed by atoms with Gasteiger partial charge in [-0.1, -0.05) is 34.9 Å². The number of ketones is 2. The molecule has 0 saturated carbocycles. The van der Waals surface area contributed by atoms with Crippen molar-refractivity contribution in [3.05, 3.63) is 87.9 Å². The van der Waals surface area contributed by atoms with Gasteiger partial charge in [-0.25, -0.2) is 0 Å². The summed E-state index contributed by atoms with van der Waals surface area (Å²) >= 11 is 5.90. The molecular weight excluding hydrogens is 458 g/mol. The number of carbonyl (C=O) groups is 4. The maximum Gasteiger partial charge on any atom is 0.332 e. The normalized spacial score (nSPS) is 14.7. The summed E-state index contributed by atoms with van der Waals surface area (Å²) in [7, 11) is 0. The first-order valence-electron chi connectivity index (χ1n) is 10.2. The van der Waals surface area contributed by atoms with Crippen molar-refractivity contribution in [2.45, 2.75) is 6.42 Å². The minimum absolute atomic E-state index is 0.132. The largest absolute Gasteiger partial charge is 0.403 e. The van der Waals surface area contributed by atoms with E-state index in [2.05, 4.69) is 10.2 Å². The first kappa shape index (κ1) is 20.2. The van der Waals surface area contributed by atoms with Crippen LogP contribution >= 0.6 is 11.6 Å². The Morgan fingerprint density at radius 1 is 0.676 bits per heavy atom. The summed E-state index contributed by atoms with van der Waals surface area (Å²) in [6.45, 7) is 0. The quantitative estimate of drug-likeness (QED) is 0.318. The maximum atomic E-state index is 13.1. The van der Waals surface area contributed by atoms with Crippen molar-refractivity contribution in [2.24, 2.45) is 0 Å². The van der Waals surface area contributed by atoms with E-state index in [1.807, 2.05) is 0 Å². The molecule has 0 N–H and O–H groups in total. The Morgan fingerprint density at radius 3 is 2.00 bits per heavy atom. The highest BCUT2D eigenvalue weighted by atomic mass is 35.5. The van der Waals surface area contributed by atoms with Crippen LogP contribution in [0.25, 0.3) is 22.6 Å². The lowest BCUT2D eigenvalue weighted by Gasteiger charge is -2.06. The first-order valence-corrected chi connectivity index (χ1v) is 10.6. The molecule has 2 aliphatic rings. The fraction of sp³-hybridized carbons (Fsp3) is 0.0400. The Labute approximate surface area is 196 Å². The van der Waals surface area contributed by atoms with Gasteiger partial charge in [0, 0.05) is 21.7 Å². The number of imide groups is 1. The second kappa shape index (κ2) is 7.29. The van der Waals surface area contributed by atoms with Crippen LogP contribution in [0.5, 0.6) is 0 Å². The van der Waals surface area contributed by atoms with E-state index >= 15 is 0 Å². The number of anilines is 1. The molecule has 1 aliphatic heterocycles. The molecule has 0 atom stereocenters. The summed E-state index contributed by atoms with van der Waals surface area (Å²) in [6, 6.07) is 16.2. The number of fused-ring (bicyclic) bond motifs is 2. The molecule has 4 aromatic rings. The van der Waals surface area contributed by atoms with Gasteiger partial charge in [0.25, 0.3) is 11.8 Å². The highest BCUT2D eigenvalue weighted by Gasteiger charge is 2.40. The van der Waals surface area contributed by atoms with Crippen molar-refractivity contribution < 1.29 is 23.6 Å². The third-order valence-electron chi connectivity index (χ3n) is 5.86. The van der Waals surface area contributed by atoms with Crippen molar-refractivity contribution >= 4 is 41.0 Å². The number of rotatable bonds is 3. The summed E-state index contributed by atoms with van der Waals surface area (Å²) in [5.74, 6) is -1.46. The SMILES string of the molecule is O=C1CC(=O)c2cc(-c3ccc4c(c3)C(=O)N(c3nnc(-c5ccc(Cl)cc5)o3)C4=O)ccc21. The van der Waals surface area contributed by atoms with Gasteiger partial charge in [0.1, 0.15) is 0 Å². The lowest BCUT2D eigenvalue weighted by Crippen LogP contribution is -2.29. The number of aromatic nitrogens is 2. The number of Topliss-reactive ketones (excluding diaryl/α,β-unsaturated/α-hetero) is 2. The molecule has 3 aromatic carbocycles. The topological polar surface area (TPSA) is 110 Å². The van der Waals surface area contributed by atoms with Crippen LogP contribution in [-0.4, -0.2) is 33.6 Å². The van der Waals surface area contributed by atoms with Crippen molar-refractivity contribution in [3.8, 4) is 22.6 Å². The van der Waals surface area contributed by atoms with Gasteiger partial charge in [-0.3, -0.25) is 19.2 Å². The molecule has 0 bridgehead atoms. The Bertz CT molecular complexity index is 1570. The van der Waals surface area contributed by atoms with E-state index < -0.39 is 11.8 Å². The molecular formula is C25H12ClN3O5. The number of hydrogen-bond acceptors (Lipinski definition) is 7. The highest BCUT2D eigenvalue weighted by Crippen LogP contribution is 2.34. The number of halogens is 1. The highest BCUT2D eigenvalue weighted by molar-refractivity contribution is 6.34. The second-order valence-corrected chi connectivity index (χ2v) is 8.32. The molecule has 2 amide bonds. The zero-order valence-electron chi connectivity index (χ0n) is 17.2. The van der Waals surface area contributed by atoms with E-state index in [0.29, 0.717) is 32.8 Å². The van der Waals surface area contributed by atoms with Crippen LogP contribution in [0, 0.1) is 0 Å². The molecule has 0 spiro atoms. The van der Waals surface area contributed by atoms with Crippen molar-refractivity contribution in [2.75, 3.05) is 4.90 Å². The number of hydrogen-bond donors (Lipinski definition) is 0. The average Bonchev–Trinajstić information content (AvgIpc) is 3.50. The zero-order valence-corrected chi connectivity index (χ0v) is 18.0. The van der Waals surface area contributed by atoms with Gasteiger partial charge < -0.3 is 4.42 Å². The molecule has 2 heterocycles. The van der Waals surface area contributed by atoms with Crippen molar-refractivity contribution in [3.63, 3.8) is 0 Å². The lowest BCUT2D eigenvalue weighted by molar-refractivity contribution is 0.0904. The molecule has 0 radical (unpaired) electrons. The number of carbonyl (C=O) groups excluding carboxylic acids is 4. The first-order chi connectivity index (χ1) is 16.4. The van der Waals surface area contributed by atoms with Gasteiger partial charge in [0.2, 0.25) is 5.89 Å². The molecule has 34 heavy (non-hydrogen) atoms. The van der Waals surface area contributed by atoms with E-state index in [9.17, 15) is 19.2 Å². The van der Waals surface area contributed by atoms with Gasteiger partial charge >= 0.3 is 6.01 Å². The summed E-state index contributed by atoms with van der Waals surface area (Å²) in [5, 5.41) is 8.36. The third kappa shape index (κ3) is 3.00. The van der Waals surface area contributed by atoms with Gasteiger partial charge in [0.05, 0.1) is 17.5 Å². The smallest absolute Gasteiger partial charge is 0.332 e. The monoisotopic (exact) mass is 469 g/mol. The van der Waals surface area contributed by atoms with E-state index in [4.69, 9.17) is 16.0 Å². The minimum Gasteiger partial charge on any atom is -0.403 e. The Morgan fingerprint density at radius 2 is 1.26 bits per heavy atom. The summed E-state index contributed by atoms with van der Waals surface area (Å²) in [6.07, 6.45) is -0.132. The van der Waals surface area contributed by atoms with Crippen molar-refractivity contribution in [1.82, 2.24) is 10.2 Å². The molecule has 6 rings (SSSR count). The fourth-order valence-corrected chi connectivity index (χ4v) is 4.27. The van der Waals surface area contributed by atoms with Crippen LogP contribution in [-0.2, 0) is 0 Å². The average molecular weight is 470 g/mol. The van der Waals surface area contributed by atoms with Crippen LogP contribution in [0.2, 0.25) is 5.02 Å². The maximum absolute atomic E-state index is 13.1. The molecule has 0 unspecified atom stereocenters. The number of nitrogens with zero attached hydrogens (tertiary/aromatic N) is 3. The Hall–Kier alpha value is -4.43. The van der Waals surface area contributed by atoms with Crippen LogP contribution in [0.1, 0.15) is 47.9 Å². The standard InChI is InChI=1S/C25H12ClN3O5/c26-15-5-1-12(2-6-15)22-27-28-25(34-22)29-23(32)17-8-4-14(10-19(17)24(29)33)13-3-7-16-18(9-13)21(31)11-20(16)30/h1-10H,11H2. The van der Waals surface area contributed by atoms with Crippen LogP contribution in [0.3, 0.4) is 0 Å². The van der Waals surface area contributed by atoms with E-state index in [-0.39, 0.29) is 41.0 Å². The predicted molar refractivity (Wildman–Crippen MR) is 121 cm³/mol. The van der Waals surface area contributed by atoms with Crippen LogP contribution in [0.4, 0.5) is 6.01 Å². The van der Waals surface area contributed by atoms with E-state index in [1.54, 1.807) is 60.7 Å². The van der Waals surface area contributed by atoms with E-state index in [1.165, 1.54) is 0 Å². The van der Waals surface area contributed by atoms with E-state index in [0.717, 1.165) is 4.90 Å². The third-order valence-corrected chi connectivity index (χ3v) is 6.11. The van der Waals surface area contributed by atoms with Crippen molar-refractivity contribution in [1.29, 1.82) is 0 Å². The fourth-order valence-electron chi connectivity index (χ4n) is 4.14. The molecule has 1 aromatic heterocycles. The summed E-state index contributed by atoms with van der Waals surface area (Å²) in [5.41, 5.74) is 3.03. The van der Waals surface area contributed by atoms with Crippen LogP contribution in [0.15, 0.2) is 65.1 Å². The molecule has 9 heteroatoms. The molecule has 0 saturated heterocycles. The Balaban J connectivity index is 1.34. The number of amides is 2. The lowest BCUT2D eigenvalue weighted by atomic mass is 9.97. The molecule has 8 nitrogen and oxygen atoms in total. The number of benzene rings is 3. The molecule has 1 aliphatic carbocycles. The second-order valence-electron chi connectivity index (χ2n) is 7.89. The Kier molecular flexibility index (Phi) is 4.33. The van der Waals surface area contributed by atoms with Crippen LogP contribution < -0.4 is 4.90 Å². The summed E-state index contributed by atoms with van der Waals surface area (Å²) < 4.78 is 5.60. The van der Waals surface area contributed by atoms with Gasteiger partial charge in [-0.05, 0) is 53.6 Å².